The molecule has 4 aromatic rings. The molecule has 3 aromatic carbocycles. The van der Waals surface area contributed by atoms with Crippen molar-refractivity contribution in [2.45, 2.75) is 21.2 Å². The van der Waals surface area contributed by atoms with Crippen LogP contribution in [0.3, 0.4) is 0 Å². The first-order valence-corrected chi connectivity index (χ1v) is 12.1. The smallest absolute Gasteiger partial charge is 0.241 e. The Morgan fingerprint density at radius 3 is 2.30 bits per heavy atom. The first-order valence-electron chi connectivity index (χ1n) is 9.40. The van der Waals surface area contributed by atoms with Gasteiger partial charge < -0.3 is 0 Å². The van der Waals surface area contributed by atoms with E-state index in [9.17, 15) is 8.42 Å². The van der Waals surface area contributed by atoms with E-state index in [0.29, 0.717) is 5.02 Å². The number of halogens is 1. The van der Waals surface area contributed by atoms with Crippen LogP contribution in [0.2, 0.25) is 5.02 Å². The maximum Gasteiger partial charge on any atom is 0.241 e. The topological polar surface area (TPSA) is 59.1 Å². The zero-order valence-electron chi connectivity index (χ0n) is 15.7. The summed E-state index contributed by atoms with van der Waals surface area (Å²) in [5, 5.41) is 3.42. The van der Waals surface area contributed by atoms with E-state index >= 15 is 0 Å². The van der Waals surface area contributed by atoms with Crippen molar-refractivity contribution in [2.24, 2.45) is 0 Å². The molecule has 5 rings (SSSR count). The molecule has 0 saturated heterocycles. The number of nitrogens with zero attached hydrogens (tertiary/aromatic N) is 1. The van der Waals surface area contributed by atoms with Crippen LogP contribution >= 0.6 is 23.4 Å². The van der Waals surface area contributed by atoms with E-state index in [0.717, 1.165) is 26.9 Å². The van der Waals surface area contributed by atoms with E-state index in [1.54, 1.807) is 30.1 Å². The van der Waals surface area contributed by atoms with Gasteiger partial charge in [-0.2, -0.15) is 0 Å². The quantitative estimate of drug-likeness (QED) is 0.418. The predicted octanol–water partition coefficient (Wildman–Crippen LogP) is 5.75. The zero-order valence-corrected chi connectivity index (χ0v) is 18.1. The molecule has 0 unspecified atom stereocenters. The minimum atomic E-state index is -3.74. The van der Waals surface area contributed by atoms with E-state index in [1.165, 1.54) is 12.1 Å². The maximum atomic E-state index is 13.2. The lowest BCUT2D eigenvalue weighted by Crippen LogP contribution is -2.30. The van der Waals surface area contributed by atoms with Gasteiger partial charge in [-0.15, -0.1) is 0 Å². The molecule has 1 heterocycles. The number of pyridine rings is 1. The minimum absolute atomic E-state index is 0.136. The molecule has 2 atom stereocenters. The van der Waals surface area contributed by atoms with Gasteiger partial charge >= 0.3 is 0 Å². The Kier molecular flexibility index (Phi) is 5.03. The third-order valence-electron chi connectivity index (χ3n) is 5.21. The van der Waals surface area contributed by atoms with Gasteiger partial charge in [-0.1, -0.05) is 65.8 Å². The molecule has 0 aliphatic heterocycles. The first kappa shape index (κ1) is 19.6. The average Bonchev–Trinajstić information content (AvgIpc) is 3.04. The Bertz CT molecular complexity index is 1320. The van der Waals surface area contributed by atoms with Crippen molar-refractivity contribution in [3.63, 3.8) is 0 Å². The molecule has 1 aliphatic rings. The van der Waals surface area contributed by atoms with Crippen molar-refractivity contribution in [1.82, 2.24) is 9.71 Å². The molecular formula is C23H17ClN2O2S2. The van der Waals surface area contributed by atoms with Gasteiger partial charge in [-0.05, 0) is 58.3 Å². The molecule has 4 nitrogen and oxygen atoms in total. The molecule has 7 heteroatoms. The molecule has 30 heavy (non-hydrogen) atoms. The molecule has 0 fully saturated rings. The number of nitrogens with one attached hydrogen (secondary N) is 1. The molecular weight excluding hydrogens is 436 g/mol. The van der Waals surface area contributed by atoms with Gasteiger partial charge in [-0.3, -0.25) is 0 Å². The van der Waals surface area contributed by atoms with Crippen molar-refractivity contribution in [3.05, 3.63) is 101 Å². The highest BCUT2D eigenvalue weighted by atomic mass is 35.5. The molecule has 1 N–H and O–H groups in total. The highest BCUT2D eigenvalue weighted by molar-refractivity contribution is 7.99. The van der Waals surface area contributed by atoms with Gasteiger partial charge in [-0.25, -0.2) is 18.1 Å². The number of hydrogen-bond donors (Lipinski definition) is 1. The Labute approximate surface area is 184 Å². The van der Waals surface area contributed by atoms with Crippen LogP contribution in [-0.4, -0.2) is 13.4 Å². The van der Waals surface area contributed by atoms with Gasteiger partial charge in [0.05, 0.1) is 21.2 Å². The van der Waals surface area contributed by atoms with Crippen LogP contribution in [0.5, 0.6) is 0 Å². The fourth-order valence-corrected chi connectivity index (χ4v) is 6.54. The lowest BCUT2D eigenvalue weighted by atomic mass is 10.1. The van der Waals surface area contributed by atoms with Gasteiger partial charge in [0.1, 0.15) is 0 Å². The van der Waals surface area contributed by atoms with E-state index in [1.807, 2.05) is 36.4 Å². The predicted molar refractivity (Wildman–Crippen MR) is 121 cm³/mol. The van der Waals surface area contributed by atoms with Gasteiger partial charge in [0.15, 0.2) is 0 Å². The molecule has 150 valence electrons. The molecule has 0 amide bonds. The van der Waals surface area contributed by atoms with Crippen molar-refractivity contribution in [1.29, 1.82) is 0 Å². The van der Waals surface area contributed by atoms with Crippen molar-refractivity contribution < 1.29 is 8.42 Å². The number of benzene rings is 3. The highest BCUT2D eigenvalue weighted by Gasteiger charge is 2.38. The standard InChI is InChI=1S/C23H17ClN2O2S2/c24-16-10-12-17(13-11-16)30(27,28)26-22-18-7-3-5-15-6-4-8-19(21(15)18)23(22)29-20-9-1-2-14-25-20/h1-14,22-23,26H/t22-,23-/m0/s1. The molecule has 0 radical (unpaired) electrons. The molecule has 0 spiro atoms. The number of thioether (sulfide) groups is 1. The van der Waals surface area contributed by atoms with Crippen LogP contribution in [0.25, 0.3) is 10.8 Å². The summed E-state index contributed by atoms with van der Waals surface area (Å²) in [5.74, 6) is 0. The normalized spacial score (nSPS) is 18.0. The molecule has 1 aliphatic carbocycles. The third kappa shape index (κ3) is 3.50. The van der Waals surface area contributed by atoms with Gasteiger partial charge in [0.2, 0.25) is 10.0 Å². The Hall–Kier alpha value is -2.38. The summed E-state index contributed by atoms with van der Waals surface area (Å²) in [7, 11) is -3.74. The van der Waals surface area contributed by atoms with E-state index < -0.39 is 16.1 Å². The number of sulfonamides is 1. The van der Waals surface area contributed by atoms with Crippen LogP contribution in [0.4, 0.5) is 0 Å². The summed E-state index contributed by atoms with van der Waals surface area (Å²) < 4.78 is 29.3. The summed E-state index contributed by atoms with van der Waals surface area (Å²) in [5.41, 5.74) is 2.09. The lowest BCUT2D eigenvalue weighted by Gasteiger charge is -2.22. The second-order valence-corrected chi connectivity index (χ2v) is 10.4. The number of hydrogen-bond acceptors (Lipinski definition) is 4. The first-order chi connectivity index (χ1) is 14.5. The molecule has 1 aromatic heterocycles. The third-order valence-corrected chi connectivity index (χ3v) is 8.18. The van der Waals surface area contributed by atoms with Crippen molar-refractivity contribution in [2.75, 3.05) is 0 Å². The highest BCUT2D eigenvalue weighted by Crippen LogP contribution is 2.53. The lowest BCUT2D eigenvalue weighted by molar-refractivity contribution is 0.557. The average molecular weight is 453 g/mol. The van der Waals surface area contributed by atoms with Gasteiger partial charge in [0.25, 0.3) is 0 Å². The summed E-state index contributed by atoms with van der Waals surface area (Å²) >= 11 is 7.50. The van der Waals surface area contributed by atoms with Gasteiger partial charge in [0, 0.05) is 11.2 Å². The summed E-state index contributed by atoms with van der Waals surface area (Å²) in [6.07, 6.45) is 1.75. The zero-order chi connectivity index (χ0) is 20.7. The van der Waals surface area contributed by atoms with Crippen LogP contribution in [0.1, 0.15) is 22.4 Å². The summed E-state index contributed by atoms with van der Waals surface area (Å²) in [6, 6.07) is 23.7. The Balaban J connectivity index is 1.59. The number of rotatable bonds is 5. The van der Waals surface area contributed by atoms with Crippen molar-refractivity contribution >= 4 is 44.2 Å². The summed E-state index contributed by atoms with van der Waals surface area (Å²) in [6.45, 7) is 0. The Morgan fingerprint density at radius 1 is 0.867 bits per heavy atom. The Morgan fingerprint density at radius 2 is 1.60 bits per heavy atom. The minimum Gasteiger partial charge on any atom is -0.250 e. The SMILES string of the molecule is O=S(=O)(N[C@H]1c2cccc3cccc(c23)[C@@H]1Sc1ccccn1)c1ccc(Cl)cc1. The van der Waals surface area contributed by atoms with Crippen LogP contribution in [-0.2, 0) is 10.0 Å². The van der Waals surface area contributed by atoms with Crippen LogP contribution < -0.4 is 4.72 Å². The fourth-order valence-electron chi connectivity index (χ4n) is 3.89. The van der Waals surface area contributed by atoms with E-state index in [2.05, 4.69) is 27.9 Å². The van der Waals surface area contributed by atoms with Crippen molar-refractivity contribution in [3.8, 4) is 0 Å². The maximum absolute atomic E-state index is 13.2. The van der Waals surface area contributed by atoms with E-state index in [4.69, 9.17) is 11.6 Å². The second-order valence-electron chi connectivity index (χ2n) is 7.05. The monoisotopic (exact) mass is 452 g/mol. The largest absolute Gasteiger partial charge is 0.250 e. The van der Waals surface area contributed by atoms with E-state index in [-0.39, 0.29) is 10.1 Å². The number of aromatic nitrogens is 1. The summed E-state index contributed by atoms with van der Waals surface area (Å²) in [4.78, 5) is 4.63. The fraction of sp³-hybridized carbons (Fsp3) is 0.0870. The van der Waals surface area contributed by atoms with Crippen LogP contribution in [0, 0.1) is 0 Å². The molecule has 0 saturated carbocycles. The molecule has 0 bridgehead atoms. The van der Waals surface area contributed by atoms with Crippen LogP contribution in [0.15, 0.2) is 95.0 Å². The second kappa shape index (κ2) is 7.71.